The number of aryl methyl sites for hydroxylation is 1. The highest BCUT2D eigenvalue weighted by molar-refractivity contribution is 7.16. The van der Waals surface area contributed by atoms with Crippen LogP contribution in [0.15, 0.2) is 0 Å². The molecule has 2 rings (SSSR count). The van der Waals surface area contributed by atoms with Crippen molar-refractivity contribution in [3.63, 3.8) is 0 Å². The normalized spacial score (nSPS) is 10.6. The van der Waals surface area contributed by atoms with Gasteiger partial charge >= 0.3 is 11.9 Å². The van der Waals surface area contributed by atoms with Crippen molar-refractivity contribution >= 4 is 23.3 Å². The molecule has 94 valence electrons. The summed E-state index contributed by atoms with van der Waals surface area (Å²) in [6.07, 6.45) is 0. The maximum atomic E-state index is 10.9. The van der Waals surface area contributed by atoms with E-state index in [0.29, 0.717) is 11.4 Å². The number of rotatable bonds is 3. The monoisotopic (exact) mass is 268 g/mol. The van der Waals surface area contributed by atoms with E-state index in [4.69, 9.17) is 10.2 Å². The van der Waals surface area contributed by atoms with E-state index in [1.807, 2.05) is 0 Å². The van der Waals surface area contributed by atoms with Crippen molar-refractivity contribution in [2.45, 2.75) is 13.8 Å². The number of hydrogen-bond donors (Lipinski definition) is 2. The lowest BCUT2D eigenvalue weighted by Gasteiger charge is -1.96. The topological polar surface area (TPSA) is 118 Å². The van der Waals surface area contributed by atoms with Gasteiger partial charge in [-0.15, -0.1) is 5.10 Å². The van der Waals surface area contributed by atoms with Gasteiger partial charge in [0.15, 0.2) is 5.69 Å². The zero-order valence-electron chi connectivity index (χ0n) is 9.41. The van der Waals surface area contributed by atoms with E-state index in [1.54, 1.807) is 6.92 Å². The number of aromatic nitrogens is 4. The van der Waals surface area contributed by atoms with Gasteiger partial charge in [0.2, 0.25) is 5.13 Å². The molecule has 0 radical (unpaired) electrons. The fraction of sp³-hybridized carbons (Fsp3) is 0.222. The van der Waals surface area contributed by atoms with E-state index in [2.05, 4.69) is 15.3 Å². The molecule has 2 aromatic rings. The summed E-state index contributed by atoms with van der Waals surface area (Å²) in [4.78, 5) is 25.9. The molecule has 0 saturated carbocycles. The number of nitrogens with zero attached hydrogens (tertiary/aromatic N) is 4. The smallest absolute Gasteiger partial charge is 0.358 e. The summed E-state index contributed by atoms with van der Waals surface area (Å²) in [5.74, 6) is -2.27. The Balaban J connectivity index is 2.53. The molecule has 0 aliphatic heterocycles. The molecule has 0 aliphatic carbocycles. The Labute approximate surface area is 105 Å². The lowest BCUT2D eigenvalue weighted by molar-refractivity contribution is 0.0683. The van der Waals surface area contributed by atoms with Crippen molar-refractivity contribution in [1.29, 1.82) is 0 Å². The summed E-state index contributed by atoms with van der Waals surface area (Å²) in [7, 11) is 0. The van der Waals surface area contributed by atoms with Crippen molar-refractivity contribution in [2.75, 3.05) is 0 Å². The second-order valence-corrected chi connectivity index (χ2v) is 4.43. The van der Waals surface area contributed by atoms with Gasteiger partial charge in [0.1, 0.15) is 4.88 Å². The van der Waals surface area contributed by atoms with Crippen LogP contribution in [0.2, 0.25) is 0 Å². The fourth-order valence-corrected chi connectivity index (χ4v) is 2.29. The molecule has 0 unspecified atom stereocenters. The first-order valence-corrected chi connectivity index (χ1v) is 5.60. The molecule has 8 nitrogen and oxygen atoms in total. The largest absolute Gasteiger partial charge is 0.477 e. The van der Waals surface area contributed by atoms with Crippen molar-refractivity contribution in [2.24, 2.45) is 0 Å². The highest BCUT2D eigenvalue weighted by Crippen LogP contribution is 2.22. The van der Waals surface area contributed by atoms with Gasteiger partial charge in [-0.25, -0.2) is 14.6 Å². The minimum atomic E-state index is -1.19. The Hall–Kier alpha value is -2.29. The van der Waals surface area contributed by atoms with Crippen LogP contribution in [0.1, 0.15) is 31.5 Å². The van der Waals surface area contributed by atoms with Crippen LogP contribution in [0, 0.1) is 13.8 Å². The first kappa shape index (κ1) is 12.2. The first-order chi connectivity index (χ1) is 8.41. The van der Waals surface area contributed by atoms with Crippen molar-refractivity contribution in [1.82, 2.24) is 20.0 Å². The fourth-order valence-electron chi connectivity index (χ4n) is 1.38. The summed E-state index contributed by atoms with van der Waals surface area (Å²) in [5, 5.41) is 25.2. The van der Waals surface area contributed by atoms with Crippen LogP contribution in [-0.4, -0.2) is 42.1 Å². The van der Waals surface area contributed by atoms with E-state index in [-0.39, 0.29) is 15.7 Å². The molecule has 0 aliphatic rings. The van der Waals surface area contributed by atoms with Crippen molar-refractivity contribution in [3.8, 4) is 5.13 Å². The Morgan fingerprint density at radius 1 is 1.22 bits per heavy atom. The predicted octanol–water partition coefficient (Wildman–Crippen LogP) is 0.737. The van der Waals surface area contributed by atoms with E-state index in [9.17, 15) is 9.59 Å². The highest BCUT2D eigenvalue weighted by Gasteiger charge is 2.20. The van der Waals surface area contributed by atoms with Gasteiger partial charge in [0.25, 0.3) is 0 Å². The maximum Gasteiger partial charge on any atom is 0.358 e. The Morgan fingerprint density at radius 2 is 1.89 bits per heavy atom. The summed E-state index contributed by atoms with van der Waals surface area (Å²) >= 11 is 0.917. The van der Waals surface area contributed by atoms with Gasteiger partial charge < -0.3 is 10.2 Å². The van der Waals surface area contributed by atoms with Crippen molar-refractivity contribution < 1.29 is 19.8 Å². The zero-order chi connectivity index (χ0) is 13.4. The molecule has 2 aromatic heterocycles. The average Bonchev–Trinajstić information content (AvgIpc) is 2.81. The van der Waals surface area contributed by atoms with Crippen molar-refractivity contribution in [3.05, 3.63) is 22.0 Å². The van der Waals surface area contributed by atoms with Gasteiger partial charge in [-0.05, 0) is 13.8 Å². The molecule has 0 spiro atoms. The number of aromatic carboxylic acids is 2. The lowest BCUT2D eigenvalue weighted by atomic mass is 10.3. The number of carboxylic acids is 2. The molecular weight excluding hydrogens is 260 g/mol. The van der Waals surface area contributed by atoms with Crippen LogP contribution < -0.4 is 0 Å². The summed E-state index contributed by atoms with van der Waals surface area (Å²) in [6.45, 7) is 3.09. The van der Waals surface area contributed by atoms with Gasteiger partial charge in [-0.3, -0.25) is 0 Å². The lowest BCUT2D eigenvalue weighted by Crippen LogP contribution is -2.02. The SMILES string of the molecule is Cc1nc(-n2nnc(C(=O)O)c2C)sc1C(=O)O. The minimum Gasteiger partial charge on any atom is -0.477 e. The average molecular weight is 268 g/mol. The number of carboxylic acid groups (broad SMARTS) is 2. The predicted molar refractivity (Wildman–Crippen MR) is 60.4 cm³/mol. The summed E-state index contributed by atoms with van der Waals surface area (Å²) in [6, 6.07) is 0. The van der Waals surface area contributed by atoms with Crippen LogP contribution in [-0.2, 0) is 0 Å². The third-order valence-electron chi connectivity index (χ3n) is 2.26. The molecular formula is C9H8N4O4S. The second-order valence-electron chi connectivity index (χ2n) is 3.46. The van der Waals surface area contributed by atoms with E-state index in [1.165, 1.54) is 11.6 Å². The van der Waals surface area contributed by atoms with Crippen LogP contribution in [0.4, 0.5) is 0 Å². The van der Waals surface area contributed by atoms with Gasteiger partial charge in [-0.2, -0.15) is 4.68 Å². The Kier molecular flexibility index (Phi) is 2.83. The molecule has 0 saturated heterocycles. The molecule has 2 N–H and O–H groups in total. The number of thiazole rings is 1. The molecule has 0 aromatic carbocycles. The maximum absolute atomic E-state index is 10.9. The summed E-state index contributed by atoms with van der Waals surface area (Å²) in [5.41, 5.74) is 0.474. The van der Waals surface area contributed by atoms with Crippen LogP contribution >= 0.6 is 11.3 Å². The quantitative estimate of drug-likeness (QED) is 0.842. The minimum absolute atomic E-state index is 0.0942. The standard InChI is InChI=1S/C9H8N4O4S/c1-3-6(8(16)17)18-9(10-3)13-4(2)5(7(14)15)11-12-13/h1-2H3,(H,14,15)(H,16,17). The first-order valence-electron chi connectivity index (χ1n) is 4.78. The molecule has 0 atom stereocenters. The molecule has 2 heterocycles. The number of hydrogen-bond acceptors (Lipinski definition) is 6. The van der Waals surface area contributed by atoms with Crippen LogP contribution in [0.5, 0.6) is 0 Å². The third-order valence-corrected chi connectivity index (χ3v) is 3.38. The van der Waals surface area contributed by atoms with E-state index >= 15 is 0 Å². The molecule has 9 heteroatoms. The molecule has 0 bridgehead atoms. The van der Waals surface area contributed by atoms with E-state index < -0.39 is 11.9 Å². The Bertz CT molecular complexity index is 645. The molecule has 0 amide bonds. The van der Waals surface area contributed by atoms with E-state index in [0.717, 1.165) is 11.3 Å². The summed E-state index contributed by atoms with van der Waals surface area (Å²) < 4.78 is 1.22. The molecule has 18 heavy (non-hydrogen) atoms. The number of carbonyl (C=O) groups is 2. The second kappa shape index (κ2) is 4.18. The van der Waals surface area contributed by atoms with Crippen LogP contribution in [0.3, 0.4) is 0 Å². The third kappa shape index (κ3) is 1.84. The van der Waals surface area contributed by atoms with Crippen LogP contribution in [0.25, 0.3) is 5.13 Å². The van der Waals surface area contributed by atoms with Gasteiger partial charge in [0.05, 0.1) is 11.4 Å². The van der Waals surface area contributed by atoms with Gasteiger partial charge in [0, 0.05) is 0 Å². The molecule has 0 fully saturated rings. The Morgan fingerprint density at radius 3 is 2.33 bits per heavy atom. The van der Waals surface area contributed by atoms with Gasteiger partial charge in [-0.1, -0.05) is 16.6 Å². The highest BCUT2D eigenvalue weighted by atomic mass is 32.1. The zero-order valence-corrected chi connectivity index (χ0v) is 10.2.